The van der Waals surface area contributed by atoms with Gasteiger partial charge in [0.15, 0.2) is 6.10 Å². The van der Waals surface area contributed by atoms with Crippen LogP contribution in [0.25, 0.3) is 21.5 Å². The van der Waals surface area contributed by atoms with Crippen molar-refractivity contribution in [1.82, 2.24) is 4.98 Å². The lowest BCUT2D eigenvalue weighted by Gasteiger charge is -2.10. The molecule has 22 heavy (non-hydrogen) atoms. The number of para-hydroxylation sites is 1. The highest BCUT2D eigenvalue weighted by molar-refractivity contribution is 7.13. The molecule has 0 saturated carbocycles. The molecule has 0 amide bonds. The predicted molar refractivity (Wildman–Crippen MR) is 85.5 cm³/mol. The molecule has 0 aliphatic heterocycles. The van der Waals surface area contributed by atoms with E-state index < -0.39 is 12.1 Å². The lowest BCUT2D eigenvalue weighted by Crippen LogP contribution is -2.13. The second-order valence-electron chi connectivity index (χ2n) is 4.73. The van der Waals surface area contributed by atoms with Crippen molar-refractivity contribution in [3.63, 3.8) is 0 Å². The maximum absolute atomic E-state index is 12.4. The molecule has 5 heteroatoms. The molecule has 0 spiro atoms. The van der Waals surface area contributed by atoms with Gasteiger partial charge in [-0.1, -0.05) is 24.3 Å². The molecule has 2 heterocycles. The van der Waals surface area contributed by atoms with Gasteiger partial charge in [-0.3, -0.25) is 0 Å². The van der Waals surface area contributed by atoms with Crippen molar-refractivity contribution in [1.29, 1.82) is 5.26 Å². The summed E-state index contributed by atoms with van der Waals surface area (Å²) in [6.07, 6.45) is -0.787. The average molecular weight is 308 g/mol. The number of carbonyl (C=O) groups is 1. The van der Waals surface area contributed by atoms with Crippen molar-refractivity contribution in [3.05, 3.63) is 53.4 Å². The molecule has 0 unspecified atom stereocenters. The second-order valence-corrected chi connectivity index (χ2v) is 5.67. The van der Waals surface area contributed by atoms with E-state index in [0.29, 0.717) is 5.56 Å². The Balaban J connectivity index is 2.15. The van der Waals surface area contributed by atoms with Crippen LogP contribution in [0.1, 0.15) is 17.3 Å². The van der Waals surface area contributed by atoms with Gasteiger partial charge < -0.3 is 4.74 Å². The van der Waals surface area contributed by atoms with Crippen molar-refractivity contribution >= 4 is 28.2 Å². The molecule has 3 aromatic rings. The number of esters is 1. The Morgan fingerprint density at radius 1 is 1.32 bits per heavy atom. The fourth-order valence-corrected chi connectivity index (χ4v) is 2.83. The van der Waals surface area contributed by atoms with Gasteiger partial charge in [0.2, 0.25) is 0 Å². The first-order chi connectivity index (χ1) is 10.7. The average Bonchev–Trinajstić information content (AvgIpc) is 3.08. The first-order valence-electron chi connectivity index (χ1n) is 6.73. The van der Waals surface area contributed by atoms with Crippen LogP contribution in [0, 0.1) is 11.3 Å². The van der Waals surface area contributed by atoms with Crippen molar-refractivity contribution in [2.24, 2.45) is 0 Å². The van der Waals surface area contributed by atoms with Crippen molar-refractivity contribution < 1.29 is 9.53 Å². The third-order valence-corrected chi connectivity index (χ3v) is 4.07. The quantitative estimate of drug-likeness (QED) is 0.685. The molecule has 0 bridgehead atoms. The highest BCUT2D eigenvalue weighted by atomic mass is 32.1. The van der Waals surface area contributed by atoms with Crippen LogP contribution in [0.4, 0.5) is 0 Å². The zero-order chi connectivity index (χ0) is 15.5. The number of fused-ring (bicyclic) bond motifs is 1. The second kappa shape index (κ2) is 5.96. The van der Waals surface area contributed by atoms with Crippen LogP contribution >= 0.6 is 11.3 Å². The van der Waals surface area contributed by atoms with Crippen molar-refractivity contribution in [2.75, 3.05) is 0 Å². The van der Waals surface area contributed by atoms with Crippen LogP contribution < -0.4 is 0 Å². The number of ether oxygens (including phenoxy) is 1. The van der Waals surface area contributed by atoms with Gasteiger partial charge in [-0.05, 0) is 30.5 Å². The summed E-state index contributed by atoms with van der Waals surface area (Å²) in [5.41, 5.74) is 1.88. The minimum Gasteiger partial charge on any atom is -0.444 e. The largest absolute Gasteiger partial charge is 0.444 e. The standard InChI is InChI=1S/C17H12N2O2S/c1-11(10-18)21-17(20)13-9-15(16-7-4-8-22-16)19-14-6-3-2-5-12(13)14/h2-9,11H,1H3/t11-/m1/s1. The molecule has 4 nitrogen and oxygen atoms in total. The zero-order valence-corrected chi connectivity index (χ0v) is 12.6. The van der Waals surface area contributed by atoms with E-state index >= 15 is 0 Å². The zero-order valence-electron chi connectivity index (χ0n) is 11.8. The number of thiophene rings is 1. The van der Waals surface area contributed by atoms with Gasteiger partial charge in [0, 0.05) is 5.39 Å². The van der Waals surface area contributed by atoms with E-state index in [2.05, 4.69) is 4.98 Å². The Morgan fingerprint density at radius 3 is 2.86 bits per heavy atom. The third-order valence-electron chi connectivity index (χ3n) is 3.18. The van der Waals surface area contributed by atoms with Gasteiger partial charge in [-0.2, -0.15) is 5.26 Å². The summed E-state index contributed by atoms with van der Waals surface area (Å²) in [4.78, 5) is 17.9. The number of rotatable bonds is 3. The Labute approximate surface area is 131 Å². The number of pyridine rings is 1. The molecule has 0 aliphatic rings. The number of carbonyl (C=O) groups excluding carboxylic acids is 1. The van der Waals surface area contributed by atoms with Crippen LogP contribution in [0.15, 0.2) is 47.8 Å². The number of hydrogen-bond acceptors (Lipinski definition) is 5. The SMILES string of the molecule is C[C@H](C#N)OC(=O)c1cc(-c2cccs2)nc2ccccc12. The summed E-state index contributed by atoms with van der Waals surface area (Å²) in [6, 6.07) is 14.9. The molecule has 108 valence electrons. The minimum absolute atomic E-state index is 0.427. The van der Waals surface area contributed by atoms with E-state index in [1.165, 1.54) is 0 Å². The maximum atomic E-state index is 12.4. The minimum atomic E-state index is -0.787. The normalized spacial score (nSPS) is 11.8. The predicted octanol–water partition coefficient (Wildman–Crippen LogP) is 4.03. The summed E-state index contributed by atoms with van der Waals surface area (Å²) in [6.45, 7) is 1.54. The summed E-state index contributed by atoms with van der Waals surface area (Å²) >= 11 is 1.56. The maximum Gasteiger partial charge on any atom is 0.340 e. The fourth-order valence-electron chi connectivity index (χ4n) is 2.15. The van der Waals surface area contributed by atoms with Crippen LogP contribution in [-0.2, 0) is 4.74 Å². The lowest BCUT2D eigenvalue weighted by molar-refractivity contribution is 0.0438. The van der Waals surface area contributed by atoms with Gasteiger partial charge >= 0.3 is 5.97 Å². The van der Waals surface area contributed by atoms with E-state index in [9.17, 15) is 4.79 Å². The van der Waals surface area contributed by atoms with Gasteiger partial charge in [0.1, 0.15) is 6.07 Å². The van der Waals surface area contributed by atoms with Crippen LogP contribution in [0.3, 0.4) is 0 Å². The number of nitriles is 1. The Kier molecular flexibility index (Phi) is 3.86. The third kappa shape index (κ3) is 2.69. The van der Waals surface area contributed by atoms with Crippen LogP contribution in [0.2, 0.25) is 0 Å². The number of nitrogens with zero attached hydrogens (tertiary/aromatic N) is 2. The van der Waals surface area contributed by atoms with E-state index in [0.717, 1.165) is 21.5 Å². The Morgan fingerprint density at radius 2 is 2.14 bits per heavy atom. The summed E-state index contributed by atoms with van der Waals surface area (Å²) in [7, 11) is 0. The summed E-state index contributed by atoms with van der Waals surface area (Å²) in [5, 5.41) is 11.5. The lowest BCUT2D eigenvalue weighted by atomic mass is 10.1. The monoisotopic (exact) mass is 308 g/mol. The number of benzene rings is 1. The highest BCUT2D eigenvalue weighted by Crippen LogP contribution is 2.28. The number of aromatic nitrogens is 1. The first-order valence-corrected chi connectivity index (χ1v) is 7.61. The number of hydrogen-bond donors (Lipinski definition) is 0. The Bertz CT molecular complexity index is 866. The topological polar surface area (TPSA) is 63.0 Å². The molecule has 2 aromatic heterocycles. The summed E-state index contributed by atoms with van der Waals surface area (Å²) in [5.74, 6) is -0.509. The molecule has 0 N–H and O–H groups in total. The summed E-state index contributed by atoms with van der Waals surface area (Å²) < 4.78 is 5.14. The molecular formula is C17H12N2O2S. The van der Waals surface area contributed by atoms with Crippen molar-refractivity contribution in [3.8, 4) is 16.6 Å². The molecule has 3 rings (SSSR count). The molecular weight excluding hydrogens is 296 g/mol. The highest BCUT2D eigenvalue weighted by Gasteiger charge is 2.17. The molecule has 0 radical (unpaired) electrons. The van der Waals surface area contributed by atoms with Crippen LogP contribution in [-0.4, -0.2) is 17.1 Å². The molecule has 0 aliphatic carbocycles. The Hall–Kier alpha value is -2.71. The smallest absolute Gasteiger partial charge is 0.340 e. The van der Waals surface area contributed by atoms with E-state index in [-0.39, 0.29) is 0 Å². The molecule has 1 aromatic carbocycles. The molecule has 0 fully saturated rings. The first kappa shape index (κ1) is 14.2. The molecule has 0 saturated heterocycles. The fraction of sp³-hybridized carbons (Fsp3) is 0.118. The van der Waals surface area contributed by atoms with Gasteiger partial charge in [0.05, 0.1) is 21.7 Å². The molecule has 1 atom stereocenters. The van der Waals surface area contributed by atoms with Crippen LogP contribution in [0.5, 0.6) is 0 Å². The van der Waals surface area contributed by atoms with Crippen molar-refractivity contribution in [2.45, 2.75) is 13.0 Å². The van der Waals surface area contributed by atoms with E-state index in [1.807, 2.05) is 47.8 Å². The van der Waals surface area contributed by atoms with Gasteiger partial charge in [0.25, 0.3) is 0 Å². The van der Waals surface area contributed by atoms with E-state index in [4.69, 9.17) is 10.00 Å². The van der Waals surface area contributed by atoms with Gasteiger partial charge in [-0.15, -0.1) is 11.3 Å². The van der Waals surface area contributed by atoms with Gasteiger partial charge in [-0.25, -0.2) is 9.78 Å². The van der Waals surface area contributed by atoms with E-state index in [1.54, 1.807) is 24.3 Å².